The van der Waals surface area contributed by atoms with Gasteiger partial charge in [-0.2, -0.15) is 0 Å². The summed E-state index contributed by atoms with van der Waals surface area (Å²) >= 11 is 13.5. The third kappa shape index (κ3) is 4.29. The van der Waals surface area contributed by atoms with Crippen LogP contribution in [0, 0.1) is 6.92 Å². The number of hydrogen-bond donors (Lipinski definition) is 1. The lowest BCUT2D eigenvalue weighted by molar-refractivity contribution is 0.459. The summed E-state index contributed by atoms with van der Waals surface area (Å²) in [5, 5.41) is 1.07. The highest BCUT2D eigenvalue weighted by Gasteiger charge is 2.33. The van der Waals surface area contributed by atoms with Gasteiger partial charge in [0.2, 0.25) is 10.0 Å². The van der Waals surface area contributed by atoms with Crippen LogP contribution in [0.4, 0.5) is 0 Å². The number of aryl methyl sites for hydroxylation is 1. The average molecular weight is 557 g/mol. The number of sulfonamides is 1. The molecular weight excluding hydrogens is 542 g/mol. The summed E-state index contributed by atoms with van der Waals surface area (Å²) in [4.78, 5) is 0.231. The van der Waals surface area contributed by atoms with E-state index in [1.54, 1.807) is 12.1 Å². The minimum Gasteiger partial charge on any atom is -0.207 e. The molecule has 1 N–H and O–H groups in total. The van der Waals surface area contributed by atoms with Gasteiger partial charge in [0.25, 0.3) is 0 Å². The van der Waals surface area contributed by atoms with Crippen LogP contribution in [0.15, 0.2) is 26.0 Å². The first-order chi connectivity index (χ1) is 9.21. The maximum absolute atomic E-state index is 12.6. The van der Waals surface area contributed by atoms with Gasteiger partial charge in [-0.3, -0.25) is 0 Å². The topological polar surface area (TPSA) is 46.2 Å². The third-order valence-corrected chi connectivity index (χ3v) is 8.58. The Morgan fingerprint density at radius 2 is 1.70 bits per heavy atom. The van der Waals surface area contributed by atoms with Gasteiger partial charge in [0, 0.05) is 19.6 Å². The predicted molar refractivity (Wildman–Crippen MR) is 97.5 cm³/mol. The smallest absolute Gasteiger partial charge is 0.207 e. The molecule has 0 heterocycles. The zero-order chi connectivity index (χ0) is 15.6. The molecular formula is C12H15Br4NO2S. The summed E-state index contributed by atoms with van der Waals surface area (Å²) in [6.45, 7) is 3.86. The molecule has 0 aliphatic rings. The van der Waals surface area contributed by atoms with E-state index in [1.165, 1.54) is 0 Å². The third-order valence-electron chi connectivity index (χ3n) is 3.04. The molecule has 0 aliphatic heterocycles. The molecule has 0 saturated heterocycles. The van der Waals surface area contributed by atoms with Gasteiger partial charge < -0.3 is 0 Å². The molecule has 0 fully saturated rings. The van der Waals surface area contributed by atoms with Crippen molar-refractivity contribution < 1.29 is 8.42 Å². The molecule has 1 aromatic carbocycles. The molecule has 20 heavy (non-hydrogen) atoms. The Labute approximate surface area is 153 Å². The van der Waals surface area contributed by atoms with Crippen LogP contribution in [0.2, 0.25) is 0 Å². The fraction of sp³-hybridized carbons (Fsp3) is 0.500. The Kier molecular flexibility index (Phi) is 7.21. The fourth-order valence-electron chi connectivity index (χ4n) is 1.53. The number of hydrogen-bond acceptors (Lipinski definition) is 2. The van der Waals surface area contributed by atoms with Crippen molar-refractivity contribution in [3.63, 3.8) is 0 Å². The highest BCUT2D eigenvalue weighted by molar-refractivity contribution is 9.11. The zero-order valence-electron chi connectivity index (χ0n) is 11.0. The standard InChI is InChI=1S/C12H15Br4NO2S/c1-3-12(6-13,7-14)17-20(18,19)11-5-9(15)8(2)4-10(11)16/h4-5,17H,3,6-7H2,1-2H3. The normalized spacial score (nSPS) is 12.7. The number of rotatable bonds is 6. The Morgan fingerprint density at radius 1 is 1.15 bits per heavy atom. The van der Waals surface area contributed by atoms with E-state index < -0.39 is 15.6 Å². The molecule has 0 unspecified atom stereocenters. The second-order valence-corrected chi connectivity index (χ2v) is 9.02. The molecule has 0 radical (unpaired) electrons. The van der Waals surface area contributed by atoms with Crippen molar-refractivity contribution in [1.29, 1.82) is 0 Å². The van der Waals surface area contributed by atoms with E-state index in [2.05, 4.69) is 68.4 Å². The summed E-state index contributed by atoms with van der Waals surface area (Å²) in [5.41, 5.74) is 0.425. The van der Waals surface area contributed by atoms with Crippen LogP contribution < -0.4 is 4.72 Å². The largest absolute Gasteiger partial charge is 0.242 e. The van der Waals surface area contributed by atoms with E-state index in [9.17, 15) is 8.42 Å². The molecule has 3 nitrogen and oxygen atoms in total. The first-order valence-corrected chi connectivity index (χ1v) is 11.1. The van der Waals surface area contributed by atoms with E-state index in [0.29, 0.717) is 21.6 Å². The van der Waals surface area contributed by atoms with E-state index in [-0.39, 0.29) is 4.90 Å². The van der Waals surface area contributed by atoms with Gasteiger partial charge in [-0.25, -0.2) is 13.1 Å². The molecule has 1 rings (SSSR count). The van der Waals surface area contributed by atoms with Gasteiger partial charge in [-0.15, -0.1) is 0 Å². The lowest BCUT2D eigenvalue weighted by atomic mass is 10.0. The molecule has 1 aromatic rings. The van der Waals surface area contributed by atoms with Gasteiger partial charge >= 0.3 is 0 Å². The number of benzene rings is 1. The van der Waals surface area contributed by atoms with Crippen LogP contribution >= 0.6 is 63.7 Å². The maximum atomic E-state index is 12.6. The van der Waals surface area contributed by atoms with E-state index in [4.69, 9.17) is 0 Å². The molecule has 0 amide bonds. The first-order valence-electron chi connectivity index (χ1n) is 5.83. The molecule has 8 heteroatoms. The summed E-state index contributed by atoms with van der Waals surface area (Å²) in [6, 6.07) is 3.40. The minimum atomic E-state index is -3.61. The molecule has 0 aliphatic carbocycles. The molecule has 0 aromatic heterocycles. The van der Waals surface area contributed by atoms with Crippen LogP contribution in [0.1, 0.15) is 18.9 Å². The Morgan fingerprint density at radius 3 is 2.15 bits per heavy atom. The van der Waals surface area contributed by atoms with Crippen LogP contribution in [0.5, 0.6) is 0 Å². The van der Waals surface area contributed by atoms with Crippen molar-refractivity contribution in [3.8, 4) is 0 Å². The summed E-state index contributed by atoms with van der Waals surface area (Å²) in [6.07, 6.45) is 0.674. The van der Waals surface area contributed by atoms with Crippen molar-refractivity contribution in [1.82, 2.24) is 4.72 Å². The zero-order valence-corrected chi connectivity index (χ0v) is 18.2. The molecule has 0 spiro atoms. The Hall–Kier alpha value is 1.05. The van der Waals surface area contributed by atoms with Crippen molar-refractivity contribution in [2.45, 2.75) is 30.7 Å². The van der Waals surface area contributed by atoms with Crippen molar-refractivity contribution in [2.75, 3.05) is 10.7 Å². The van der Waals surface area contributed by atoms with Gasteiger partial charge in [0.05, 0.1) is 10.4 Å². The second kappa shape index (κ2) is 7.55. The lowest BCUT2D eigenvalue weighted by Crippen LogP contribution is -2.50. The molecule has 0 saturated carbocycles. The van der Waals surface area contributed by atoms with E-state index in [1.807, 2.05) is 13.8 Å². The molecule has 0 bridgehead atoms. The average Bonchev–Trinajstić information content (AvgIpc) is 2.40. The Bertz CT molecular complexity index is 577. The molecule has 114 valence electrons. The number of alkyl halides is 2. The van der Waals surface area contributed by atoms with E-state index >= 15 is 0 Å². The van der Waals surface area contributed by atoms with Gasteiger partial charge in [0.1, 0.15) is 0 Å². The number of nitrogens with one attached hydrogen (secondary N) is 1. The monoisotopic (exact) mass is 553 g/mol. The summed E-state index contributed by atoms with van der Waals surface area (Å²) < 4.78 is 29.3. The van der Waals surface area contributed by atoms with Crippen LogP contribution in [0.3, 0.4) is 0 Å². The predicted octanol–water partition coefficient (Wildman–Crippen LogP) is 4.74. The molecule has 0 atom stereocenters. The van der Waals surface area contributed by atoms with Gasteiger partial charge in [-0.1, -0.05) is 54.7 Å². The maximum Gasteiger partial charge on any atom is 0.242 e. The fourth-order valence-corrected chi connectivity index (χ4v) is 7.05. The Balaban J connectivity index is 3.28. The van der Waals surface area contributed by atoms with Crippen LogP contribution in [0.25, 0.3) is 0 Å². The van der Waals surface area contributed by atoms with Crippen LogP contribution in [-0.4, -0.2) is 24.6 Å². The second-order valence-electron chi connectivity index (χ2n) is 4.54. The summed E-state index contributed by atoms with van der Waals surface area (Å²) in [5.74, 6) is 0. The van der Waals surface area contributed by atoms with Gasteiger partial charge in [-0.05, 0) is 47.0 Å². The number of halogens is 4. The quantitative estimate of drug-likeness (QED) is 0.515. The van der Waals surface area contributed by atoms with E-state index in [0.717, 1.165) is 10.0 Å². The minimum absolute atomic E-state index is 0.231. The SMILES string of the molecule is CCC(CBr)(CBr)NS(=O)(=O)c1cc(Br)c(C)cc1Br. The summed E-state index contributed by atoms with van der Waals surface area (Å²) in [7, 11) is -3.61. The highest BCUT2D eigenvalue weighted by Crippen LogP contribution is 2.30. The first kappa shape index (κ1) is 19.1. The highest BCUT2D eigenvalue weighted by atomic mass is 79.9. The lowest BCUT2D eigenvalue weighted by Gasteiger charge is -2.29. The van der Waals surface area contributed by atoms with Gasteiger partial charge in [0.15, 0.2) is 0 Å². The van der Waals surface area contributed by atoms with Crippen molar-refractivity contribution in [3.05, 3.63) is 26.6 Å². The van der Waals surface area contributed by atoms with Crippen molar-refractivity contribution in [2.24, 2.45) is 0 Å². The van der Waals surface area contributed by atoms with Crippen molar-refractivity contribution >= 4 is 73.7 Å². The van der Waals surface area contributed by atoms with Crippen LogP contribution in [-0.2, 0) is 10.0 Å².